The first kappa shape index (κ1) is 22.7. The lowest BCUT2D eigenvalue weighted by molar-refractivity contribution is -0.123. The number of aryl methyl sites for hydroxylation is 1. The van der Waals surface area contributed by atoms with Crippen molar-refractivity contribution in [1.82, 2.24) is 5.32 Å². The summed E-state index contributed by atoms with van der Waals surface area (Å²) in [6.07, 6.45) is 0. The molecule has 3 rings (SSSR count). The Kier molecular flexibility index (Phi) is 7.20. The van der Waals surface area contributed by atoms with E-state index >= 15 is 0 Å². The predicted molar refractivity (Wildman–Crippen MR) is 122 cm³/mol. The van der Waals surface area contributed by atoms with Gasteiger partial charge in [0.2, 0.25) is 0 Å². The molecule has 3 aromatic carbocycles. The summed E-state index contributed by atoms with van der Waals surface area (Å²) in [5, 5.41) is 3.33. The first-order valence-corrected chi connectivity index (χ1v) is 11.4. The van der Waals surface area contributed by atoms with Crippen LogP contribution in [-0.4, -0.2) is 28.0 Å². The molecule has 0 aliphatic heterocycles. The lowest BCUT2D eigenvalue weighted by Crippen LogP contribution is -2.28. The fourth-order valence-corrected chi connectivity index (χ4v) is 4.19. The van der Waals surface area contributed by atoms with Crippen LogP contribution in [0.1, 0.15) is 11.1 Å². The average Bonchev–Trinajstić information content (AvgIpc) is 2.77. The molecule has 0 aromatic heterocycles. The number of nitrogens with zero attached hydrogens (tertiary/aromatic N) is 1. The van der Waals surface area contributed by atoms with Gasteiger partial charge in [-0.1, -0.05) is 47.5 Å². The Labute approximate surface area is 187 Å². The summed E-state index contributed by atoms with van der Waals surface area (Å²) in [5.74, 6) is 0.167. The molecule has 3 aromatic rings. The minimum Gasteiger partial charge on any atom is -0.484 e. The Hall–Kier alpha value is -3.03. The van der Waals surface area contributed by atoms with E-state index in [-0.39, 0.29) is 17.4 Å². The Balaban J connectivity index is 1.56. The Morgan fingerprint density at radius 2 is 1.65 bits per heavy atom. The summed E-state index contributed by atoms with van der Waals surface area (Å²) in [4.78, 5) is 12.2. The van der Waals surface area contributed by atoms with E-state index in [1.54, 1.807) is 54.6 Å². The van der Waals surface area contributed by atoms with Gasteiger partial charge in [0.25, 0.3) is 15.9 Å². The summed E-state index contributed by atoms with van der Waals surface area (Å²) in [6, 6.07) is 20.5. The van der Waals surface area contributed by atoms with E-state index in [9.17, 15) is 13.2 Å². The van der Waals surface area contributed by atoms with Crippen LogP contribution in [0, 0.1) is 6.92 Å². The minimum absolute atomic E-state index is 0.165. The molecule has 0 aliphatic rings. The summed E-state index contributed by atoms with van der Waals surface area (Å²) in [6.45, 7) is 2.04. The summed E-state index contributed by atoms with van der Waals surface area (Å²) in [7, 11) is -2.17. The zero-order chi connectivity index (χ0) is 22.4. The van der Waals surface area contributed by atoms with Crippen LogP contribution in [0.3, 0.4) is 0 Å². The zero-order valence-corrected chi connectivity index (χ0v) is 18.8. The maximum atomic E-state index is 12.8. The van der Waals surface area contributed by atoms with Crippen molar-refractivity contribution in [1.29, 1.82) is 0 Å². The van der Waals surface area contributed by atoms with Crippen molar-refractivity contribution < 1.29 is 17.9 Å². The number of amides is 1. The summed E-state index contributed by atoms with van der Waals surface area (Å²) in [5.41, 5.74) is 2.29. The molecule has 0 heterocycles. The second-order valence-corrected chi connectivity index (χ2v) is 9.31. The van der Waals surface area contributed by atoms with Gasteiger partial charge in [-0.05, 0) is 55.0 Å². The first-order chi connectivity index (χ1) is 14.8. The van der Waals surface area contributed by atoms with Crippen LogP contribution in [0.15, 0.2) is 77.7 Å². The van der Waals surface area contributed by atoms with Gasteiger partial charge in [0.15, 0.2) is 6.61 Å². The van der Waals surface area contributed by atoms with Gasteiger partial charge in [-0.3, -0.25) is 9.10 Å². The van der Waals surface area contributed by atoms with Crippen molar-refractivity contribution in [3.05, 3.63) is 88.9 Å². The average molecular weight is 459 g/mol. The molecule has 0 saturated heterocycles. The molecule has 162 valence electrons. The molecular formula is C23H23ClN2O4S. The molecule has 8 heteroatoms. The number of carbonyl (C=O) groups is 1. The van der Waals surface area contributed by atoms with E-state index in [0.29, 0.717) is 23.0 Å². The molecule has 1 amide bonds. The van der Waals surface area contributed by atoms with Gasteiger partial charge in [-0.2, -0.15) is 0 Å². The number of rotatable bonds is 8. The number of halogens is 1. The molecule has 0 fully saturated rings. The van der Waals surface area contributed by atoms with Gasteiger partial charge in [0, 0.05) is 18.6 Å². The second-order valence-electron chi connectivity index (χ2n) is 6.94. The van der Waals surface area contributed by atoms with Crippen LogP contribution in [-0.2, 0) is 21.4 Å². The van der Waals surface area contributed by atoms with Crippen LogP contribution >= 0.6 is 11.6 Å². The fraction of sp³-hybridized carbons (Fsp3) is 0.174. The van der Waals surface area contributed by atoms with Crippen LogP contribution in [0.5, 0.6) is 5.75 Å². The van der Waals surface area contributed by atoms with Crippen LogP contribution < -0.4 is 14.4 Å². The molecule has 0 unspecified atom stereocenters. The number of sulfonamides is 1. The van der Waals surface area contributed by atoms with Gasteiger partial charge in [-0.15, -0.1) is 0 Å². The van der Waals surface area contributed by atoms with E-state index in [4.69, 9.17) is 16.3 Å². The van der Waals surface area contributed by atoms with E-state index in [0.717, 1.165) is 11.1 Å². The third kappa shape index (κ3) is 5.77. The SMILES string of the molecule is Cc1ccc(S(=O)(=O)N(C)c2ccc(OCC(=O)NCc3ccccc3Cl)cc2)cc1. The molecule has 1 N–H and O–H groups in total. The quantitative estimate of drug-likeness (QED) is 0.549. The van der Waals surface area contributed by atoms with E-state index < -0.39 is 10.0 Å². The maximum absolute atomic E-state index is 12.8. The van der Waals surface area contributed by atoms with Crippen molar-refractivity contribution in [3.63, 3.8) is 0 Å². The van der Waals surface area contributed by atoms with Crippen molar-refractivity contribution in [2.45, 2.75) is 18.4 Å². The van der Waals surface area contributed by atoms with Crippen molar-refractivity contribution in [2.75, 3.05) is 18.0 Å². The van der Waals surface area contributed by atoms with E-state index in [1.807, 2.05) is 25.1 Å². The van der Waals surface area contributed by atoms with Gasteiger partial charge < -0.3 is 10.1 Å². The maximum Gasteiger partial charge on any atom is 0.264 e. The predicted octanol–water partition coefficient (Wildman–Crippen LogP) is 4.17. The molecule has 6 nitrogen and oxygen atoms in total. The molecule has 0 atom stereocenters. The zero-order valence-electron chi connectivity index (χ0n) is 17.2. The van der Waals surface area contributed by atoms with Crippen LogP contribution in [0.4, 0.5) is 5.69 Å². The van der Waals surface area contributed by atoms with Crippen LogP contribution in [0.25, 0.3) is 0 Å². The normalized spacial score (nSPS) is 11.1. The fourth-order valence-electron chi connectivity index (χ4n) is 2.79. The Morgan fingerprint density at radius 1 is 1.00 bits per heavy atom. The topological polar surface area (TPSA) is 75.7 Å². The second kappa shape index (κ2) is 9.85. The lowest BCUT2D eigenvalue weighted by atomic mass is 10.2. The van der Waals surface area contributed by atoms with Gasteiger partial charge in [0.05, 0.1) is 10.6 Å². The smallest absolute Gasteiger partial charge is 0.264 e. The van der Waals surface area contributed by atoms with Gasteiger partial charge in [0.1, 0.15) is 5.75 Å². The Morgan fingerprint density at radius 3 is 2.29 bits per heavy atom. The van der Waals surface area contributed by atoms with Crippen molar-refractivity contribution in [3.8, 4) is 5.75 Å². The number of ether oxygens (including phenoxy) is 1. The third-order valence-electron chi connectivity index (χ3n) is 4.68. The molecule has 0 spiro atoms. The van der Waals surface area contributed by atoms with Gasteiger partial charge >= 0.3 is 0 Å². The van der Waals surface area contributed by atoms with E-state index in [1.165, 1.54) is 11.4 Å². The Bertz CT molecular complexity index is 1150. The number of hydrogen-bond acceptors (Lipinski definition) is 4. The largest absolute Gasteiger partial charge is 0.484 e. The molecule has 31 heavy (non-hydrogen) atoms. The number of benzene rings is 3. The highest BCUT2D eigenvalue weighted by molar-refractivity contribution is 7.92. The molecule has 0 bridgehead atoms. The third-order valence-corrected chi connectivity index (χ3v) is 6.85. The van der Waals surface area contributed by atoms with E-state index in [2.05, 4.69) is 5.32 Å². The molecule has 0 saturated carbocycles. The summed E-state index contributed by atoms with van der Waals surface area (Å²) >= 11 is 6.07. The van der Waals surface area contributed by atoms with Crippen molar-refractivity contribution in [2.24, 2.45) is 0 Å². The molecule has 0 aliphatic carbocycles. The monoisotopic (exact) mass is 458 g/mol. The molecular weight excluding hydrogens is 436 g/mol. The number of carbonyl (C=O) groups excluding carboxylic acids is 1. The molecule has 0 radical (unpaired) electrons. The summed E-state index contributed by atoms with van der Waals surface area (Å²) < 4.78 is 32.3. The van der Waals surface area contributed by atoms with Gasteiger partial charge in [-0.25, -0.2) is 8.42 Å². The van der Waals surface area contributed by atoms with Crippen LogP contribution in [0.2, 0.25) is 5.02 Å². The minimum atomic E-state index is -3.67. The lowest BCUT2D eigenvalue weighted by Gasteiger charge is -2.20. The van der Waals surface area contributed by atoms with Crippen molar-refractivity contribution >= 4 is 33.2 Å². The highest BCUT2D eigenvalue weighted by atomic mass is 35.5. The highest BCUT2D eigenvalue weighted by Crippen LogP contribution is 2.24. The number of nitrogens with one attached hydrogen (secondary N) is 1. The first-order valence-electron chi connectivity index (χ1n) is 9.56. The number of anilines is 1. The highest BCUT2D eigenvalue weighted by Gasteiger charge is 2.21. The number of hydrogen-bond donors (Lipinski definition) is 1. The standard InChI is InChI=1S/C23H23ClN2O4S/c1-17-7-13-21(14-8-17)31(28,29)26(2)19-9-11-20(12-10-19)30-16-23(27)25-15-18-5-3-4-6-22(18)24/h3-14H,15-16H2,1-2H3,(H,25,27).